The molecule has 3 N–H and O–H groups in total. The van der Waals surface area contributed by atoms with Gasteiger partial charge in [-0.15, -0.1) is 0 Å². The summed E-state index contributed by atoms with van der Waals surface area (Å²) in [7, 11) is 1.53. The maximum absolute atomic E-state index is 10.8. The summed E-state index contributed by atoms with van der Waals surface area (Å²) in [5.41, 5.74) is 0. The molecule has 0 aromatic heterocycles. The Balaban J connectivity index is 3.28. The molecule has 1 atom stereocenters. The van der Waals surface area contributed by atoms with Crippen molar-refractivity contribution in [2.45, 2.75) is 19.4 Å². The first kappa shape index (κ1) is 12.2. The zero-order valence-corrected chi connectivity index (χ0v) is 8.17. The van der Waals surface area contributed by atoms with Crippen molar-refractivity contribution in [1.82, 2.24) is 10.6 Å². The van der Waals surface area contributed by atoms with Crippen molar-refractivity contribution < 1.29 is 14.6 Å². The molecule has 0 aliphatic heterocycles. The summed E-state index contributed by atoms with van der Waals surface area (Å²) < 4.78 is 4.73. The maximum Gasteiger partial charge on any atom is 0.314 e. The maximum atomic E-state index is 10.8. The normalized spacial score (nSPS) is 12.2. The lowest BCUT2D eigenvalue weighted by molar-refractivity contribution is 0.0599. The van der Waals surface area contributed by atoms with Crippen LogP contribution in [0.5, 0.6) is 0 Å². The Labute approximate surface area is 78.5 Å². The van der Waals surface area contributed by atoms with Crippen molar-refractivity contribution in [3.8, 4) is 0 Å². The van der Waals surface area contributed by atoms with Crippen LogP contribution in [0.4, 0.5) is 4.79 Å². The van der Waals surface area contributed by atoms with Gasteiger partial charge in [0.05, 0.1) is 12.7 Å². The minimum absolute atomic E-state index is 0.202. The van der Waals surface area contributed by atoms with E-state index in [4.69, 9.17) is 4.74 Å². The molecule has 0 saturated carbocycles. The lowest BCUT2D eigenvalue weighted by atomic mass is 10.3. The van der Waals surface area contributed by atoms with Crippen LogP contribution in [0.2, 0.25) is 0 Å². The van der Waals surface area contributed by atoms with E-state index in [0.29, 0.717) is 26.1 Å². The summed E-state index contributed by atoms with van der Waals surface area (Å²) in [6, 6.07) is -0.202. The number of hydrogen-bond acceptors (Lipinski definition) is 3. The van der Waals surface area contributed by atoms with E-state index in [9.17, 15) is 9.90 Å². The molecule has 0 saturated heterocycles. The first-order chi connectivity index (χ1) is 6.20. The SMILES string of the molecule is CCNC(=O)NCCC(O)COC. The van der Waals surface area contributed by atoms with Crippen LogP contribution in [0.3, 0.4) is 0 Å². The number of amides is 2. The van der Waals surface area contributed by atoms with Crippen LogP contribution >= 0.6 is 0 Å². The van der Waals surface area contributed by atoms with Crippen LogP contribution in [-0.4, -0.2) is 44.0 Å². The summed E-state index contributed by atoms with van der Waals surface area (Å²) in [4.78, 5) is 10.8. The van der Waals surface area contributed by atoms with Gasteiger partial charge in [0.2, 0.25) is 0 Å². The number of aliphatic hydroxyl groups excluding tert-OH is 1. The Kier molecular flexibility index (Phi) is 7.33. The van der Waals surface area contributed by atoms with Gasteiger partial charge in [0.1, 0.15) is 0 Å². The molecule has 0 aromatic carbocycles. The van der Waals surface area contributed by atoms with Crippen molar-refractivity contribution in [2.75, 3.05) is 26.8 Å². The number of urea groups is 1. The highest BCUT2D eigenvalue weighted by molar-refractivity contribution is 5.73. The lowest BCUT2D eigenvalue weighted by Gasteiger charge is -2.10. The van der Waals surface area contributed by atoms with Gasteiger partial charge in [-0.25, -0.2) is 4.79 Å². The summed E-state index contributed by atoms with van der Waals surface area (Å²) >= 11 is 0. The fraction of sp³-hybridized carbons (Fsp3) is 0.875. The minimum Gasteiger partial charge on any atom is -0.391 e. The van der Waals surface area contributed by atoms with Crippen molar-refractivity contribution in [3.63, 3.8) is 0 Å². The van der Waals surface area contributed by atoms with Gasteiger partial charge in [-0.3, -0.25) is 0 Å². The van der Waals surface area contributed by atoms with E-state index in [1.165, 1.54) is 7.11 Å². The molecule has 0 radical (unpaired) electrons. The Bertz CT molecular complexity index is 141. The van der Waals surface area contributed by atoms with Crippen molar-refractivity contribution in [2.24, 2.45) is 0 Å². The van der Waals surface area contributed by atoms with Gasteiger partial charge in [-0.1, -0.05) is 0 Å². The Morgan fingerprint density at radius 1 is 1.54 bits per heavy atom. The van der Waals surface area contributed by atoms with E-state index in [-0.39, 0.29) is 6.03 Å². The number of hydrogen-bond donors (Lipinski definition) is 3. The molecule has 0 aromatic rings. The van der Waals surface area contributed by atoms with Gasteiger partial charge in [-0.2, -0.15) is 0 Å². The van der Waals surface area contributed by atoms with E-state index >= 15 is 0 Å². The molecule has 0 heterocycles. The molecule has 5 heteroatoms. The van der Waals surface area contributed by atoms with Crippen molar-refractivity contribution in [3.05, 3.63) is 0 Å². The number of carbonyl (C=O) groups excluding carboxylic acids is 1. The third-order valence-electron chi connectivity index (χ3n) is 1.46. The first-order valence-corrected chi connectivity index (χ1v) is 4.39. The van der Waals surface area contributed by atoms with Gasteiger partial charge < -0.3 is 20.5 Å². The highest BCUT2D eigenvalue weighted by Gasteiger charge is 2.03. The summed E-state index contributed by atoms with van der Waals surface area (Å²) in [5, 5.41) is 14.4. The summed E-state index contributed by atoms with van der Waals surface area (Å²) in [5.74, 6) is 0. The van der Waals surface area contributed by atoms with Crippen LogP contribution < -0.4 is 10.6 Å². The topological polar surface area (TPSA) is 70.6 Å². The Hall–Kier alpha value is -0.810. The molecule has 5 nitrogen and oxygen atoms in total. The van der Waals surface area contributed by atoms with Crippen LogP contribution in [0.15, 0.2) is 0 Å². The van der Waals surface area contributed by atoms with Gasteiger partial charge in [0, 0.05) is 20.2 Å². The number of carbonyl (C=O) groups is 1. The molecule has 78 valence electrons. The van der Waals surface area contributed by atoms with E-state index in [1.54, 1.807) is 0 Å². The number of rotatable bonds is 6. The molecule has 0 fully saturated rings. The van der Waals surface area contributed by atoms with Crippen molar-refractivity contribution >= 4 is 6.03 Å². The molecule has 0 bridgehead atoms. The predicted octanol–water partition coefficient (Wildman–Crippen LogP) is -0.297. The molecule has 0 rings (SSSR count). The van der Waals surface area contributed by atoms with Gasteiger partial charge >= 0.3 is 6.03 Å². The Morgan fingerprint density at radius 2 is 2.23 bits per heavy atom. The smallest absolute Gasteiger partial charge is 0.314 e. The fourth-order valence-corrected chi connectivity index (χ4v) is 0.851. The molecule has 2 amide bonds. The second-order valence-corrected chi connectivity index (χ2v) is 2.68. The van der Waals surface area contributed by atoms with Gasteiger partial charge in [0.15, 0.2) is 0 Å². The van der Waals surface area contributed by atoms with Crippen molar-refractivity contribution in [1.29, 1.82) is 0 Å². The highest BCUT2D eigenvalue weighted by Crippen LogP contribution is 1.89. The number of nitrogens with one attached hydrogen (secondary N) is 2. The number of methoxy groups -OCH3 is 1. The molecule has 0 aliphatic rings. The Morgan fingerprint density at radius 3 is 2.77 bits per heavy atom. The zero-order chi connectivity index (χ0) is 10.1. The third-order valence-corrected chi connectivity index (χ3v) is 1.46. The standard InChI is InChI=1S/C8H18N2O3/c1-3-9-8(12)10-5-4-7(11)6-13-2/h7,11H,3-6H2,1-2H3,(H2,9,10,12). The molecular formula is C8H18N2O3. The summed E-state index contributed by atoms with van der Waals surface area (Å²) in [6.07, 6.45) is -0.00254. The quantitative estimate of drug-likeness (QED) is 0.538. The van der Waals surface area contributed by atoms with Crippen LogP contribution in [0.25, 0.3) is 0 Å². The second-order valence-electron chi connectivity index (χ2n) is 2.68. The monoisotopic (exact) mass is 190 g/mol. The van der Waals surface area contributed by atoms with E-state index < -0.39 is 6.10 Å². The van der Waals surface area contributed by atoms with Crippen LogP contribution in [0.1, 0.15) is 13.3 Å². The van der Waals surface area contributed by atoms with E-state index in [0.717, 1.165) is 0 Å². The molecule has 1 unspecified atom stereocenters. The van der Waals surface area contributed by atoms with Gasteiger partial charge in [0.25, 0.3) is 0 Å². The zero-order valence-electron chi connectivity index (χ0n) is 8.17. The second kappa shape index (κ2) is 7.82. The average molecular weight is 190 g/mol. The fourth-order valence-electron chi connectivity index (χ4n) is 0.851. The van der Waals surface area contributed by atoms with E-state index in [2.05, 4.69) is 10.6 Å². The molecule has 13 heavy (non-hydrogen) atoms. The van der Waals surface area contributed by atoms with Gasteiger partial charge in [-0.05, 0) is 13.3 Å². The van der Waals surface area contributed by atoms with Crippen LogP contribution in [0, 0.1) is 0 Å². The van der Waals surface area contributed by atoms with Crippen LogP contribution in [-0.2, 0) is 4.74 Å². The number of ether oxygens (including phenoxy) is 1. The highest BCUT2D eigenvalue weighted by atomic mass is 16.5. The lowest BCUT2D eigenvalue weighted by Crippen LogP contribution is -2.37. The molecular weight excluding hydrogens is 172 g/mol. The predicted molar refractivity (Wildman–Crippen MR) is 49.6 cm³/mol. The molecule has 0 spiro atoms. The average Bonchev–Trinajstić information content (AvgIpc) is 2.05. The first-order valence-electron chi connectivity index (χ1n) is 4.39. The molecule has 0 aliphatic carbocycles. The summed E-state index contributed by atoms with van der Waals surface area (Å²) in [6.45, 7) is 3.21. The largest absolute Gasteiger partial charge is 0.391 e. The third kappa shape index (κ3) is 7.55. The number of aliphatic hydroxyl groups is 1. The van der Waals surface area contributed by atoms with E-state index in [1.807, 2.05) is 6.92 Å². The minimum atomic E-state index is -0.507.